The molecule has 9 aromatic carbocycles. The van der Waals surface area contributed by atoms with Crippen LogP contribution in [0.25, 0.3) is 66.4 Å². The molecule has 0 fully saturated rings. The van der Waals surface area contributed by atoms with Crippen LogP contribution in [-0.2, 0) is 0 Å². The van der Waals surface area contributed by atoms with Gasteiger partial charge in [0.2, 0.25) is 0 Å². The second kappa shape index (κ2) is 12.8. The molecule has 0 bridgehead atoms. The summed E-state index contributed by atoms with van der Waals surface area (Å²) in [7, 11) is 0. The molecule has 0 unspecified atom stereocenters. The zero-order valence-corrected chi connectivity index (χ0v) is 33.2. The van der Waals surface area contributed by atoms with Gasteiger partial charge in [0, 0.05) is 47.8 Å². The van der Waals surface area contributed by atoms with E-state index in [4.69, 9.17) is 4.42 Å². The highest BCUT2D eigenvalue weighted by Gasteiger charge is 2.30. The molecular weight excluding hydrogens is 757 g/mol. The average molecular weight is 789 g/mol. The maximum absolute atomic E-state index is 6.47. The third-order valence-electron chi connectivity index (χ3n) is 12.0. The van der Waals surface area contributed by atoms with E-state index in [2.05, 4.69) is 198 Å². The van der Waals surface area contributed by atoms with Crippen molar-refractivity contribution in [1.29, 1.82) is 0 Å². The van der Waals surface area contributed by atoms with Crippen molar-refractivity contribution in [2.24, 2.45) is 0 Å². The summed E-state index contributed by atoms with van der Waals surface area (Å²) in [5, 5.41) is 2.29. The summed E-state index contributed by atoms with van der Waals surface area (Å²) in [5.41, 5.74) is 18.5. The third-order valence-corrected chi connectivity index (χ3v) is 14.2. The Hall–Kier alpha value is -6.92. The molecule has 0 N–H and O–H groups in total. The van der Waals surface area contributed by atoms with Crippen molar-refractivity contribution in [3.05, 3.63) is 194 Å². The van der Waals surface area contributed by atoms with Crippen LogP contribution in [0.1, 0.15) is 0 Å². The summed E-state index contributed by atoms with van der Waals surface area (Å²) in [4.78, 5) is 9.81. The van der Waals surface area contributed by atoms with Gasteiger partial charge in [-0.2, -0.15) is 0 Å². The molecule has 3 nitrogen and oxygen atoms in total. The van der Waals surface area contributed by atoms with Crippen molar-refractivity contribution in [2.75, 3.05) is 9.80 Å². The summed E-state index contributed by atoms with van der Waals surface area (Å²) in [6.45, 7) is 0. The minimum atomic E-state index is 0.895. The molecular formula is C54H32N2OS2. The molecule has 276 valence electrons. The Labute approximate surface area is 350 Å². The Morgan fingerprint density at radius 2 is 0.712 bits per heavy atom. The van der Waals surface area contributed by atoms with Gasteiger partial charge in [-0.05, 0) is 117 Å². The van der Waals surface area contributed by atoms with Crippen LogP contribution in [0.15, 0.2) is 218 Å². The summed E-state index contributed by atoms with van der Waals surface area (Å²) in [6.07, 6.45) is 0. The smallest absolute Gasteiger partial charge is 0.137 e. The van der Waals surface area contributed by atoms with Crippen LogP contribution in [0.3, 0.4) is 0 Å². The highest BCUT2D eigenvalue weighted by atomic mass is 32.2. The fourth-order valence-electron chi connectivity index (χ4n) is 9.40. The van der Waals surface area contributed by atoms with Crippen molar-refractivity contribution in [1.82, 2.24) is 0 Å². The van der Waals surface area contributed by atoms with Crippen LogP contribution >= 0.6 is 23.5 Å². The number of fused-ring (bicyclic) bond motifs is 15. The molecule has 5 heteroatoms. The Balaban J connectivity index is 1.02. The van der Waals surface area contributed by atoms with Crippen LogP contribution in [-0.4, -0.2) is 0 Å². The summed E-state index contributed by atoms with van der Waals surface area (Å²) in [5.74, 6) is 0. The van der Waals surface area contributed by atoms with Gasteiger partial charge in [0.15, 0.2) is 0 Å². The summed E-state index contributed by atoms with van der Waals surface area (Å²) >= 11 is 3.67. The molecule has 0 amide bonds. The van der Waals surface area contributed by atoms with Crippen LogP contribution in [0.5, 0.6) is 0 Å². The van der Waals surface area contributed by atoms with Gasteiger partial charge in [-0.3, -0.25) is 0 Å². The standard InChI is InChI=1S/C54H32N2OS2/c1-3-15-37-35(13-1)40-28-26-34(56-47-20-8-12-24-53(47)59-54-31-44-41-17-5-9-21-49(41)57-50(44)32-48(54)56)30-43(40)38-16-4-2-14-36(38)39-27-25-33(29-42(37)39)55-45-18-6-10-22-51(45)58-52-23-11-7-19-46(52)55/h1-32H. The molecule has 1 aromatic heterocycles. The Bertz CT molecular complexity index is 3330. The highest BCUT2D eigenvalue weighted by Crippen LogP contribution is 2.57. The fraction of sp³-hybridized carbons (Fsp3) is 0. The van der Waals surface area contributed by atoms with Crippen LogP contribution in [0.2, 0.25) is 0 Å². The molecule has 3 aliphatic rings. The van der Waals surface area contributed by atoms with Crippen molar-refractivity contribution >= 4 is 79.6 Å². The molecule has 3 heterocycles. The van der Waals surface area contributed by atoms with Crippen molar-refractivity contribution in [3.8, 4) is 44.5 Å². The topological polar surface area (TPSA) is 19.6 Å². The first-order chi connectivity index (χ1) is 29.2. The molecule has 13 rings (SSSR count). The Morgan fingerprint density at radius 1 is 0.288 bits per heavy atom. The van der Waals surface area contributed by atoms with Crippen molar-refractivity contribution in [2.45, 2.75) is 19.6 Å². The lowest BCUT2D eigenvalue weighted by Crippen LogP contribution is -2.15. The zero-order chi connectivity index (χ0) is 38.6. The van der Waals surface area contributed by atoms with E-state index < -0.39 is 0 Å². The fourth-order valence-corrected chi connectivity index (χ4v) is 11.5. The minimum absolute atomic E-state index is 0.895. The Morgan fingerprint density at radius 3 is 1.27 bits per heavy atom. The quantitative estimate of drug-likeness (QED) is 0.173. The van der Waals surface area contributed by atoms with Gasteiger partial charge in [-0.25, -0.2) is 0 Å². The predicted octanol–water partition coefficient (Wildman–Crippen LogP) is 16.4. The number of hydrogen-bond donors (Lipinski definition) is 0. The lowest BCUT2D eigenvalue weighted by Gasteiger charge is -2.34. The van der Waals surface area contributed by atoms with E-state index in [9.17, 15) is 0 Å². The lowest BCUT2D eigenvalue weighted by atomic mass is 9.80. The number of benzene rings is 9. The van der Waals surface area contributed by atoms with Crippen LogP contribution in [0.4, 0.5) is 34.1 Å². The molecule has 0 saturated heterocycles. The molecule has 0 atom stereocenters. The third kappa shape index (κ3) is 4.99. The van der Waals surface area contributed by atoms with Gasteiger partial charge in [0.05, 0.1) is 22.7 Å². The van der Waals surface area contributed by atoms with Crippen molar-refractivity contribution < 1.29 is 4.42 Å². The average Bonchev–Trinajstić information content (AvgIpc) is 3.66. The first-order valence-corrected chi connectivity index (χ1v) is 21.5. The number of nitrogens with zero attached hydrogens (tertiary/aromatic N) is 2. The zero-order valence-electron chi connectivity index (χ0n) is 31.6. The molecule has 0 saturated carbocycles. The number of rotatable bonds is 2. The maximum Gasteiger partial charge on any atom is 0.137 e. The van der Waals surface area contributed by atoms with Gasteiger partial charge in [-0.15, -0.1) is 0 Å². The number of hydrogen-bond acceptors (Lipinski definition) is 5. The molecule has 0 spiro atoms. The molecule has 1 aliphatic carbocycles. The van der Waals surface area contributed by atoms with Gasteiger partial charge >= 0.3 is 0 Å². The second-order valence-electron chi connectivity index (χ2n) is 15.2. The lowest BCUT2D eigenvalue weighted by molar-refractivity contribution is 0.668. The van der Waals surface area contributed by atoms with Gasteiger partial charge < -0.3 is 14.2 Å². The predicted molar refractivity (Wildman–Crippen MR) is 247 cm³/mol. The maximum atomic E-state index is 6.47. The second-order valence-corrected chi connectivity index (χ2v) is 17.4. The van der Waals surface area contributed by atoms with E-state index in [1.807, 2.05) is 29.6 Å². The van der Waals surface area contributed by atoms with Crippen molar-refractivity contribution in [3.63, 3.8) is 0 Å². The van der Waals surface area contributed by atoms with E-state index >= 15 is 0 Å². The van der Waals surface area contributed by atoms with E-state index in [0.717, 1.165) is 44.7 Å². The van der Waals surface area contributed by atoms with E-state index in [0.29, 0.717) is 0 Å². The summed E-state index contributed by atoms with van der Waals surface area (Å²) < 4.78 is 6.47. The van der Waals surface area contributed by atoms with E-state index in [1.165, 1.54) is 75.5 Å². The number of furan rings is 1. The summed E-state index contributed by atoms with van der Waals surface area (Å²) in [6, 6.07) is 71.1. The molecule has 2 aliphatic heterocycles. The van der Waals surface area contributed by atoms with Gasteiger partial charge in [-0.1, -0.05) is 139 Å². The highest BCUT2D eigenvalue weighted by molar-refractivity contribution is 8.00. The molecule has 10 aromatic rings. The first kappa shape index (κ1) is 33.1. The Kier molecular flexibility index (Phi) is 7.17. The van der Waals surface area contributed by atoms with Crippen LogP contribution in [0, 0.1) is 0 Å². The molecule has 0 radical (unpaired) electrons. The number of anilines is 6. The van der Waals surface area contributed by atoms with E-state index in [1.54, 1.807) is 0 Å². The SMILES string of the molecule is c1ccc2c(c1)Sc1ccccc1N2c1ccc2c(c1)-c1ccccc1-c1ccc(N3c4ccccc4Sc4cc5c(cc43)oc3ccccc35)cc1-c1ccccc1-2. The monoisotopic (exact) mass is 788 g/mol. The van der Waals surface area contributed by atoms with E-state index in [-0.39, 0.29) is 0 Å². The molecule has 59 heavy (non-hydrogen) atoms. The van der Waals surface area contributed by atoms with Crippen LogP contribution < -0.4 is 9.80 Å². The largest absolute Gasteiger partial charge is 0.456 e. The number of para-hydroxylation sites is 4. The van der Waals surface area contributed by atoms with Gasteiger partial charge in [0.25, 0.3) is 0 Å². The normalized spacial score (nSPS) is 13.2. The van der Waals surface area contributed by atoms with Gasteiger partial charge in [0.1, 0.15) is 11.2 Å². The minimum Gasteiger partial charge on any atom is -0.456 e. The first-order valence-electron chi connectivity index (χ1n) is 19.9.